The minimum atomic E-state index is -0.640. The molecule has 1 aliphatic heterocycles. The van der Waals surface area contributed by atoms with Crippen LogP contribution in [-0.4, -0.2) is 50.6 Å². The molecule has 2 aliphatic rings. The molecule has 158 valence electrons. The number of anilines is 1. The van der Waals surface area contributed by atoms with Crippen LogP contribution in [0.25, 0.3) is 0 Å². The van der Waals surface area contributed by atoms with Crippen LogP contribution in [0.4, 0.5) is 5.69 Å². The van der Waals surface area contributed by atoms with Crippen LogP contribution in [0.15, 0.2) is 18.2 Å². The maximum Gasteiger partial charge on any atom is 0.242 e. The van der Waals surface area contributed by atoms with Crippen molar-refractivity contribution >= 4 is 23.4 Å². The van der Waals surface area contributed by atoms with Crippen LogP contribution in [0.2, 0.25) is 0 Å². The molecular formula is C21H29N3O5. The SMILES string of the molecule is COc1ccc(OC)c(N2CC(C(=O)NC(C)C(=O)NC3CCCC3)CC2=O)c1. The third kappa shape index (κ3) is 4.81. The Morgan fingerprint density at radius 2 is 1.90 bits per heavy atom. The van der Waals surface area contributed by atoms with Crippen LogP contribution in [-0.2, 0) is 14.4 Å². The first-order valence-corrected chi connectivity index (χ1v) is 10.1. The van der Waals surface area contributed by atoms with Gasteiger partial charge in [0.2, 0.25) is 17.7 Å². The number of carbonyl (C=O) groups excluding carboxylic acids is 3. The maximum atomic E-state index is 12.7. The van der Waals surface area contributed by atoms with Crippen molar-refractivity contribution in [1.29, 1.82) is 0 Å². The number of nitrogens with one attached hydrogen (secondary N) is 2. The first kappa shape index (κ1) is 21.0. The first-order valence-electron chi connectivity index (χ1n) is 10.1. The van der Waals surface area contributed by atoms with Crippen LogP contribution >= 0.6 is 0 Å². The van der Waals surface area contributed by atoms with E-state index in [4.69, 9.17) is 9.47 Å². The average molecular weight is 403 g/mol. The molecule has 0 spiro atoms. The van der Waals surface area contributed by atoms with E-state index in [2.05, 4.69) is 10.6 Å². The van der Waals surface area contributed by atoms with Gasteiger partial charge in [-0.25, -0.2) is 0 Å². The lowest BCUT2D eigenvalue weighted by Crippen LogP contribution is -2.49. The van der Waals surface area contributed by atoms with Gasteiger partial charge < -0.3 is 25.0 Å². The van der Waals surface area contributed by atoms with Gasteiger partial charge in [0.15, 0.2) is 0 Å². The number of hydrogen-bond acceptors (Lipinski definition) is 5. The minimum Gasteiger partial charge on any atom is -0.497 e. The number of benzene rings is 1. The Hall–Kier alpha value is -2.77. The zero-order valence-electron chi connectivity index (χ0n) is 17.2. The molecule has 1 saturated carbocycles. The average Bonchev–Trinajstić information content (AvgIpc) is 3.36. The molecule has 1 aromatic rings. The highest BCUT2D eigenvalue weighted by Gasteiger charge is 2.37. The molecule has 1 saturated heterocycles. The van der Waals surface area contributed by atoms with Gasteiger partial charge in [0.25, 0.3) is 0 Å². The van der Waals surface area contributed by atoms with E-state index in [9.17, 15) is 14.4 Å². The molecule has 2 fully saturated rings. The van der Waals surface area contributed by atoms with Gasteiger partial charge in [0, 0.05) is 25.1 Å². The summed E-state index contributed by atoms with van der Waals surface area (Å²) in [6.07, 6.45) is 4.31. The summed E-state index contributed by atoms with van der Waals surface area (Å²) in [5, 5.41) is 5.74. The van der Waals surface area contributed by atoms with E-state index in [1.165, 1.54) is 12.0 Å². The first-order chi connectivity index (χ1) is 13.9. The second-order valence-electron chi connectivity index (χ2n) is 7.66. The summed E-state index contributed by atoms with van der Waals surface area (Å²) >= 11 is 0. The summed E-state index contributed by atoms with van der Waals surface area (Å²) in [6, 6.07) is 4.75. The fraction of sp³-hybridized carbons (Fsp3) is 0.571. The van der Waals surface area contributed by atoms with Gasteiger partial charge >= 0.3 is 0 Å². The molecule has 8 heteroatoms. The Bertz CT molecular complexity index is 776. The molecule has 1 heterocycles. The van der Waals surface area contributed by atoms with E-state index in [1.807, 2.05) is 0 Å². The number of ether oxygens (including phenoxy) is 2. The van der Waals surface area contributed by atoms with E-state index >= 15 is 0 Å². The van der Waals surface area contributed by atoms with Crippen LogP contribution < -0.4 is 25.0 Å². The van der Waals surface area contributed by atoms with Gasteiger partial charge in [0.05, 0.1) is 25.8 Å². The summed E-state index contributed by atoms with van der Waals surface area (Å²) in [5.74, 6) is -0.0409. The Morgan fingerprint density at radius 1 is 1.17 bits per heavy atom. The van der Waals surface area contributed by atoms with Gasteiger partial charge in [-0.3, -0.25) is 14.4 Å². The normalized spacial score (nSPS) is 20.4. The van der Waals surface area contributed by atoms with E-state index in [-0.39, 0.29) is 36.7 Å². The van der Waals surface area contributed by atoms with Crippen molar-refractivity contribution in [2.45, 2.75) is 51.1 Å². The number of methoxy groups -OCH3 is 2. The topological polar surface area (TPSA) is 97.0 Å². The Kier molecular flexibility index (Phi) is 6.61. The van der Waals surface area contributed by atoms with Gasteiger partial charge in [0.1, 0.15) is 17.5 Å². The third-order valence-corrected chi connectivity index (χ3v) is 5.63. The van der Waals surface area contributed by atoms with Crippen molar-refractivity contribution in [3.8, 4) is 11.5 Å². The molecule has 0 bridgehead atoms. The standard InChI is InChI=1S/C21H29N3O5/c1-13(20(26)23-15-6-4-5-7-15)22-21(27)14-10-19(25)24(12-14)17-11-16(28-2)8-9-18(17)29-3/h8-9,11,13-15H,4-7,10,12H2,1-3H3,(H,22,27)(H,23,26). The lowest BCUT2D eigenvalue weighted by atomic mass is 10.1. The molecule has 3 rings (SSSR count). The van der Waals surface area contributed by atoms with Gasteiger partial charge in [-0.05, 0) is 31.9 Å². The van der Waals surface area contributed by atoms with Crippen LogP contribution in [0.5, 0.6) is 11.5 Å². The van der Waals surface area contributed by atoms with E-state index in [0.29, 0.717) is 17.2 Å². The molecule has 29 heavy (non-hydrogen) atoms. The molecule has 2 atom stereocenters. The van der Waals surface area contributed by atoms with Crippen LogP contribution in [0.3, 0.4) is 0 Å². The second kappa shape index (κ2) is 9.15. The predicted octanol–water partition coefficient (Wildman–Crippen LogP) is 1.62. The highest BCUT2D eigenvalue weighted by Crippen LogP contribution is 2.36. The van der Waals surface area contributed by atoms with E-state index in [1.54, 1.807) is 32.2 Å². The van der Waals surface area contributed by atoms with Crippen molar-refractivity contribution in [1.82, 2.24) is 10.6 Å². The Balaban J connectivity index is 1.62. The number of nitrogens with zero attached hydrogens (tertiary/aromatic N) is 1. The Morgan fingerprint density at radius 3 is 2.55 bits per heavy atom. The quantitative estimate of drug-likeness (QED) is 0.721. The summed E-state index contributed by atoms with van der Waals surface area (Å²) in [7, 11) is 3.08. The van der Waals surface area contributed by atoms with E-state index < -0.39 is 12.0 Å². The van der Waals surface area contributed by atoms with Crippen LogP contribution in [0.1, 0.15) is 39.0 Å². The van der Waals surface area contributed by atoms with Gasteiger partial charge in [-0.1, -0.05) is 12.8 Å². The zero-order chi connectivity index (χ0) is 21.0. The molecule has 0 radical (unpaired) electrons. The highest BCUT2D eigenvalue weighted by atomic mass is 16.5. The molecule has 1 aromatic carbocycles. The van der Waals surface area contributed by atoms with E-state index in [0.717, 1.165) is 25.7 Å². The fourth-order valence-electron chi connectivity index (χ4n) is 3.92. The van der Waals surface area contributed by atoms with Gasteiger partial charge in [-0.15, -0.1) is 0 Å². The summed E-state index contributed by atoms with van der Waals surface area (Å²) < 4.78 is 10.6. The van der Waals surface area contributed by atoms with Crippen molar-refractivity contribution in [2.75, 3.05) is 25.7 Å². The monoisotopic (exact) mass is 403 g/mol. The fourth-order valence-corrected chi connectivity index (χ4v) is 3.92. The number of hydrogen-bond donors (Lipinski definition) is 2. The minimum absolute atomic E-state index is 0.0865. The molecule has 2 unspecified atom stereocenters. The maximum absolute atomic E-state index is 12.7. The third-order valence-electron chi connectivity index (χ3n) is 5.63. The molecule has 2 N–H and O–H groups in total. The number of amides is 3. The number of rotatable bonds is 7. The lowest BCUT2D eigenvalue weighted by Gasteiger charge is -2.21. The molecule has 3 amide bonds. The van der Waals surface area contributed by atoms with Crippen molar-refractivity contribution in [2.24, 2.45) is 5.92 Å². The molecule has 1 aliphatic carbocycles. The predicted molar refractivity (Wildman–Crippen MR) is 108 cm³/mol. The van der Waals surface area contributed by atoms with Gasteiger partial charge in [-0.2, -0.15) is 0 Å². The second-order valence-corrected chi connectivity index (χ2v) is 7.66. The Labute approximate surface area is 170 Å². The van der Waals surface area contributed by atoms with Crippen molar-refractivity contribution in [3.05, 3.63) is 18.2 Å². The largest absolute Gasteiger partial charge is 0.497 e. The molecule has 0 aromatic heterocycles. The number of carbonyl (C=O) groups is 3. The van der Waals surface area contributed by atoms with Crippen LogP contribution in [0, 0.1) is 5.92 Å². The molecular weight excluding hydrogens is 374 g/mol. The zero-order valence-corrected chi connectivity index (χ0v) is 17.2. The summed E-state index contributed by atoms with van der Waals surface area (Å²) in [4.78, 5) is 39.1. The summed E-state index contributed by atoms with van der Waals surface area (Å²) in [5.41, 5.74) is 0.569. The van der Waals surface area contributed by atoms with Crippen molar-refractivity contribution < 1.29 is 23.9 Å². The lowest BCUT2D eigenvalue weighted by molar-refractivity contribution is -0.131. The smallest absolute Gasteiger partial charge is 0.242 e. The highest BCUT2D eigenvalue weighted by molar-refractivity contribution is 6.02. The summed E-state index contributed by atoms with van der Waals surface area (Å²) in [6.45, 7) is 1.90. The van der Waals surface area contributed by atoms with Crippen molar-refractivity contribution in [3.63, 3.8) is 0 Å². The molecule has 8 nitrogen and oxygen atoms in total.